The van der Waals surface area contributed by atoms with Crippen LogP contribution in [0.5, 0.6) is 0 Å². The average molecular weight is 380 g/mol. The fraction of sp³-hybridized carbons (Fsp3) is 0.0526. The van der Waals surface area contributed by atoms with Gasteiger partial charge in [-0.25, -0.2) is 9.78 Å². The van der Waals surface area contributed by atoms with Crippen molar-refractivity contribution in [3.8, 4) is 11.3 Å². The summed E-state index contributed by atoms with van der Waals surface area (Å²) in [5.74, 6) is -1.12. The zero-order valence-electron chi connectivity index (χ0n) is 14.3. The number of hydrogen-bond donors (Lipinski definition) is 3. The van der Waals surface area contributed by atoms with E-state index in [0.717, 1.165) is 16.9 Å². The van der Waals surface area contributed by atoms with Gasteiger partial charge in [0.2, 0.25) is 11.0 Å². The number of anilines is 2. The lowest BCUT2D eigenvalue weighted by atomic mass is 10.1. The van der Waals surface area contributed by atoms with Crippen molar-refractivity contribution < 1.29 is 14.7 Å². The molecule has 1 heterocycles. The first-order valence-corrected chi connectivity index (χ1v) is 8.86. The second-order valence-electron chi connectivity index (χ2n) is 5.56. The van der Waals surface area contributed by atoms with Crippen LogP contribution in [-0.4, -0.2) is 28.2 Å². The van der Waals surface area contributed by atoms with Crippen LogP contribution in [0.4, 0.5) is 10.8 Å². The van der Waals surface area contributed by atoms with Gasteiger partial charge in [-0.05, 0) is 18.2 Å². The van der Waals surface area contributed by atoms with Gasteiger partial charge in [-0.1, -0.05) is 30.3 Å². The second-order valence-corrected chi connectivity index (χ2v) is 6.42. The second kappa shape index (κ2) is 8.24. The first-order chi connectivity index (χ1) is 13.0. The fourth-order valence-corrected chi connectivity index (χ4v) is 3.02. The number of hydrazone groups is 1. The van der Waals surface area contributed by atoms with Crippen molar-refractivity contribution in [1.82, 2.24) is 4.98 Å². The van der Waals surface area contributed by atoms with Crippen LogP contribution in [0.2, 0.25) is 0 Å². The summed E-state index contributed by atoms with van der Waals surface area (Å²) in [6.07, 6.45) is 1.45. The molecule has 3 rings (SSSR count). The Balaban J connectivity index is 1.68. The molecule has 0 saturated carbocycles. The molecule has 0 unspecified atom stereocenters. The van der Waals surface area contributed by atoms with Crippen LogP contribution >= 0.6 is 11.3 Å². The summed E-state index contributed by atoms with van der Waals surface area (Å²) >= 11 is 1.38. The SMILES string of the molecule is CC(=O)Nc1ccc(-c2csc(N/N=C\c3ccccc3C(=O)O)n2)cc1. The summed E-state index contributed by atoms with van der Waals surface area (Å²) in [5, 5.41) is 18.4. The molecule has 0 radical (unpaired) electrons. The molecule has 8 heteroatoms. The predicted octanol–water partition coefficient (Wildman–Crippen LogP) is 3.91. The summed E-state index contributed by atoms with van der Waals surface area (Å²) in [4.78, 5) is 26.7. The predicted molar refractivity (Wildman–Crippen MR) is 106 cm³/mol. The highest BCUT2D eigenvalue weighted by Gasteiger charge is 2.07. The number of aromatic nitrogens is 1. The summed E-state index contributed by atoms with van der Waals surface area (Å²) in [6, 6.07) is 14.0. The van der Waals surface area contributed by atoms with E-state index in [4.69, 9.17) is 5.11 Å². The third-order valence-electron chi connectivity index (χ3n) is 3.56. The Bertz CT molecular complexity index is 996. The quantitative estimate of drug-likeness (QED) is 0.444. The molecule has 1 aromatic heterocycles. The van der Waals surface area contributed by atoms with Gasteiger partial charge in [-0.3, -0.25) is 10.2 Å². The maximum absolute atomic E-state index is 11.2. The van der Waals surface area contributed by atoms with Gasteiger partial charge in [0.25, 0.3) is 0 Å². The largest absolute Gasteiger partial charge is 0.478 e. The van der Waals surface area contributed by atoms with Crippen LogP contribution in [0.15, 0.2) is 59.0 Å². The highest BCUT2D eigenvalue weighted by atomic mass is 32.1. The molecule has 3 aromatic rings. The molecule has 2 aromatic carbocycles. The summed E-state index contributed by atoms with van der Waals surface area (Å²) < 4.78 is 0. The number of thiazole rings is 1. The van der Waals surface area contributed by atoms with Crippen LogP contribution < -0.4 is 10.7 Å². The summed E-state index contributed by atoms with van der Waals surface area (Å²) in [7, 11) is 0. The molecular weight excluding hydrogens is 364 g/mol. The zero-order chi connectivity index (χ0) is 19.2. The molecule has 0 bridgehead atoms. The Kier molecular flexibility index (Phi) is 5.58. The molecule has 1 amide bonds. The van der Waals surface area contributed by atoms with E-state index in [0.29, 0.717) is 10.7 Å². The highest BCUT2D eigenvalue weighted by Crippen LogP contribution is 2.26. The van der Waals surface area contributed by atoms with Crippen molar-refractivity contribution in [2.24, 2.45) is 5.10 Å². The van der Waals surface area contributed by atoms with E-state index < -0.39 is 5.97 Å². The number of aromatic carboxylic acids is 1. The third kappa shape index (κ3) is 4.77. The van der Waals surface area contributed by atoms with Gasteiger partial charge >= 0.3 is 5.97 Å². The lowest BCUT2D eigenvalue weighted by molar-refractivity contribution is -0.114. The van der Waals surface area contributed by atoms with Gasteiger partial charge in [0.15, 0.2) is 0 Å². The summed E-state index contributed by atoms with van der Waals surface area (Å²) in [5.41, 5.74) is 5.91. The van der Waals surface area contributed by atoms with Gasteiger partial charge in [0, 0.05) is 29.1 Å². The van der Waals surface area contributed by atoms with Crippen molar-refractivity contribution >= 4 is 40.2 Å². The average Bonchev–Trinajstić information content (AvgIpc) is 3.11. The third-order valence-corrected chi connectivity index (χ3v) is 4.31. The minimum absolute atomic E-state index is 0.120. The number of nitrogens with one attached hydrogen (secondary N) is 2. The molecule has 0 spiro atoms. The molecule has 0 saturated heterocycles. The molecule has 7 nitrogen and oxygen atoms in total. The maximum Gasteiger partial charge on any atom is 0.336 e. The monoisotopic (exact) mass is 380 g/mol. The van der Waals surface area contributed by atoms with Gasteiger partial charge in [-0.15, -0.1) is 11.3 Å². The topological polar surface area (TPSA) is 104 Å². The first kappa shape index (κ1) is 18.3. The molecule has 136 valence electrons. The minimum Gasteiger partial charge on any atom is -0.478 e. The Morgan fingerprint density at radius 1 is 1.15 bits per heavy atom. The van der Waals surface area contributed by atoms with E-state index in [9.17, 15) is 9.59 Å². The number of amides is 1. The van der Waals surface area contributed by atoms with Crippen molar-refractivity contribution in [2.45, 2.75) is 6.92 Å². The van der Waals surface area contributed by atoms with Crippen LogP contribution in [-0.2, 0) is 4.79 Å². The Morgan fingerprint density at radius 3 is 2.59 bits per heavy atom. The molecule has 0 atom stereocenters. The van der Waals surface area contributed by atoms with Crippen LogP contribution in [0.25, 0.3) is 11.3 Å². The van der Waals surface area contributed by atoms with E-state index in [2.05, 4.69) is 20.8 Å². The number of nitrogens with zero attached hydrogens (tertiary/aromatic N) is 2. The van der Waals surface area contributed by atoms with Crippen molar-refractivity contribution in [3.05, 3.63) is 65.0 Å². The van der Waals surface area contributed by atoms with Crippen LogP contribution in [0.3, 0.4) is 0 Å². The van der Waals surface area contributed by atoms with Crippen LogP contribution in [0.1, 0.15) is 22.8 Å². The maximum atomic E-state index is 11.2. The summed E-state index contributed by atoms with van der Waals surface area (Å²) in [6.45, 7) is 1.46. The van der Waals surface area contributed by atoms with Gasteiger partial charge in [-0.2, -0.15) is 5.10 Å². The Labute approximate surface area is 159 Å². The molecule has 0 aliphatic heterocycles. The molecule has 0 fully saturated rings. The van der Waals surface area contributed by atoms with E-state index >= 15 is 0 Å². The van der Waals surface area contributed by atoms with E-state index in [1.807, 2.05) is 29.6 Å². The number of rotatable bonds is 6. The van der Waals surface area contributed by atoms with E-state index in [-0.39, 0.29) is 11.5 Å². The number of hydrogen-bond acceptors (Lipinski definition) is 6. The van der Waals surface area contributed by atoms with Crippen molar-refractivity contribution in [2.75, 3.05) is 10.7 Å². The number of benzene rings is 2. The number of carbonyl (C=O) groups excluding carboxylic acids is 1. The molecule has 0 aliphatic carbocycles. The number of carboxylic acids is 1. The lowest BCUT2D eigenvalue weighted by Gasteiger charge is -2.02. The highest BCUT2D eigenvalue weighted by molar-refractivity contribution is 7.14. The van der Waals surface area contributed by atoms with Gasteiger partial charge in [0.05, 0.1) is 17.5 Å². The van der Waals surface area contributed by atoms with Gasteiger partial charge < -0.3 is 10.4 Å². The minimum atomic E-state index is -1.00. The van der Waals surface area contributed by atoms with Gasteiger partial charge in [0.1, 0.15) is 0 Å². The molecule has 3 N–H and O–H groups in total. The number of carboxylic acid groups (broad SMARTS) is 1. The number of carbonyl (C=O) groups is 2. The normalized spacial score (nSPS) is 10.7. The van der Waals surface area contributed by atoms with Crippen molar-refractivity contribution in [1.29, 1.82) is 0 Å². The van der Waals surface area contributed by atoms with Crippen LogP contribution in [0, 0.1) is 0 Å². The Hall–Kier alpha value is -3.52. The zero-order valence-corrected chi connectivity index (χ0v) is 15.2. The van der Waals surface area contributed by atoms with E-state index in [1.165, 1.54) is 30.5 Å². The first-order valence-electron chi connectivity index (χ1n) is 7.98. The molecule has 0 aliphatic rings. The molecular formula is C19H16N4O3S. The smallest absolute Gasteiger partial charge is 0.336 e. The standard InChI is InChI=1S/C19H16N4O3S/c1-12(24)21-15-8-6-13(7-9-15)17-11-27-19(22-17)23-20-10-14-4-2-3-5-16(14)18(25)26/h2-11H,1H3,(H,21,24)(H,22,23)(H,25,26)/b20-10-. The van der Waals surface area contributed by atoms with Crippen molar-refractivity contribution in [3.63, 3.8) is 0 Å². The Morgan fingerprint density at radius 2 is 1.89 bits per heavy atom. The van der Waals surface area contributed by atoms with E-state index in [1.54, 1.807) is 18.2 Å². The molecule has 27 heavy (non-hydrogen) atoms. The lowest BCUT2D eigenvalue weighted by Crippen LogP contribution is -2.05. The fourth-order valence-electron chi connectivity index (χ4n) is 2.35.